The predicted octanol–water partition coefficient (Wildman–Crippen LogP) is 1.21. The van der Waals surface area contributed by atoms with Gasteiger partial charge in [-0.15, -0.1) is 0 Å². The van der Waals surface area contributed by atoms with Crippen LogP contribution in [0.2, 0.25) is 0 Å². The number of aromatic nitrogens is 1. The molecule has 1 spiro atoms. The molecule has 0 aromatic carbocycles. The van der Waals surface area contributed by atoms with Crippen LogP contribution in [-0.4, -0.2) is 50.2 Å². The van der Waals surface area contributed by atoms with Crippen LogP contribution in [0, 0.1) is 0 Å². The summed E-state index contributed by atoms with van der Waals surface area (Å²) in [4.78, 5) is 18.2. The maximum absolute atomic E-state index is 11.8. The molecule has 2 aliphatic heterocycles. The first-order chi connectivity index (χ1) is 9.74. The van der Waals surface area contributed by atoms with Crippen LogP contribution in [0.15, 0.2) is 18.3 Å². The van der Waals surface area contributed by atoms with Gasteiger partial charge in [-0.25, -0.2) is 9.78 Å². The highest BCUT2D eigenvalue weighted by Gasteiger charge is 2.40. The summed E-state index contributed by atoms with van der Waals surface area (Å²) < 4.78 is 16.2. The second-order valence-electron chi connectivity index (χ2n) is 4.96. The molecule has 0 radical (unpaired) electrons. The van der Waals surface area contributed by atoms with Gasteiger partial charge in [-0.3, -0.25) is 0 Å². The zero-order valence-corrected chi connectivity index (χ0v) is 11.5. The van der Waals surface area contributed by atoms with Gasteiger partial charge in [0.2, 0.25) is 0 Å². The second-order valence-corrected chi connectivity index (χ2v) is 4.96. The van der Waals surface area contributed by atoms with Gasteiger partial charge in [0, 0.05) is 32.1 Å². The second kappa shape index (κ2) is 5.38. The molecule has 0 amide bonds. The van der Waals surface area contributed by atoms with E-state index in [4.69, 9.17) is 14.2 Å². The van der Waals surface area contributed by atoms with E-state index in [0.29, 0.717) is 24.6 Å². The van der Waals surface area contributed by atoms with Crippen LogP contribution in [0.4, 0.5) is 5.82 Å². The molecule has 108 valence electrons. The third-order valence-electron chi connectivity index (χ3n) is 3.83. The van der Waals surface area contributed by atoms with Crippen LogP contribution in [0.3, 0.4) is 0 Å². The molecule has 20 heavy (non-hydrogen) atoms. The van der Waals surface area contributed by atoms with Gasteiger partial charge < -0.3 is 19.1 Å². The Morgan fingerprint density at radius 1 is 1.35 bits per heavy atom. The van der Waals surface area contributed by atoms with Crippen LogP contribution in [0.25, 0.3) is 0 Å². The van der Waals surface area contributed by atoms with Gasteiger partial charge in [0.25, 0.3) is 0 Å². The average molecular weight is 278 g/mol. The fourth-order valence-electron chi connectivity index (χ4n) is 2.76. The number of methoxy groups -OCH3 is 1. The molecule has 1 aromatic rings. The van der Waals surface area contributed by atoms with E-state index in [1.165, 1.54) is 7.11 Å². The van der Waals surface area contributed by atoms with Crippen molar-refractivity contribution in [1.82, 2.24) is 4.98 Å². The Morgan fingerprint density at radius 3 is 2.70 bits per heavy atom. The minimum atomic E-state index is -0.420. The fraction of sp³-hybridized carbons (Fsp3) is 0.571. The molecule has 0 bridgehead atoms. The Hall–Kier alpha value is -1.66. The number of pyridine rings is 1. The van der Waals surface area contributed by atoms with Crippen molar-refractivity contribution in [2.45, 2.75) is 18.6 Å². The molecule has 3 heterocycles. The number of esters is 1. The summed E-state index contributed by atoms with van der Waals surface area (Å²) in [5.74, 6) is -0.106. The van der Waals surface area contributed by atoms with Gasteiger partial charge in [0.1, 0.15) is 11.4 Å². The van der Waals surface area contributed by atoms with Gasteiger partial charge in [-0.1, -0.05) is 0 Å². The molecule has 0 saturated carbocycles. The normalized spacial score (nSPS) is 21.1. The smallest absolute Gasteiger partial charge is 0.341 e. The number of carbonyl (C=O) groups excluding carboxylic acids is 1. The lowest BCUT2D eigenvalue weighted by molar-refractivity contribution is -0.169. The standard InChI is InChI=1S/C14H18N2O4/c1-18-13(17)11-3-2-6-15-12(11)16-7-4-14(5-8-16)19-9-10-20-14/h2-3,6H,4-5,7-10H2,1H3. The lowest BCUT2D eigenvalue weighted by Gasteiger charge is -2.38. The molecule has 3 rings (SSSR count). The number of ether oxygens (including phenoxy) is 3. The average Bonchev–Trinajstić information content (AvgIpc) is 2.95. The van der Waals surface area contributed by atoms with Gasteiger partial charge in [0.15, 0.2) is 5.79 Å². The van der Waals surface area contributed by atoms with Crippen molar-refractivity contribution in [3.05, 3.63) is 23.9 Å². The van der Waals surface area contributed by atoms with E-state index in [9.17, 15) is 4.79 Å². The number of carbonyl (C=O) groups is 1. The van der Waals surface area contributed by atoms with E-state index in [1.807, 2.05) is 0 Å². The summed E-state index contributed by atoms with van der Waals surface area (Å²) in [6.45, 7) is 2.83. The quantitative estimate of drug-likeness (QED) is 0.758. The first-order valence-electron chi connectivity index (χ1n) is 6.80. The van der Waals surface area contributed by atoms with Crippen molar-refractivity contribution in [1.29, 1.82) is 0 Å². The van der Waals surface area contributed by atoms with Crippen molar-refractivity contribution < 1.29 is 19.0 Å². The number of hydrogen-bond acceptors (Lipinski definition) is 6. The summed E-state index contributed by atoms with van der Waals surface area (Å²) >= 11 is 0. The van der Waals surface area contributed by atoms with Gasteiger partial charge >= 0.3 is 5.97 Å². The van der Waals surface area contributed by atoms with Crippen LogP contribution in [-0.2, 0) is 14.2 Å². The van der Waals surface area contributed by atoms with E-state index in [-0.39, 0.29) is 5.97 Å². The Kier molecular flexibility index (Phi) is 3.58. The lowest BCUT2D eigenvalue weighted by atomic mass is 10.0. The topological polar surface area (TPSA) is 60.9 Å². The van der Waals surface area contributed by atoms with Crippen molar-refractivity contribution in [2.24, 2.45) is 0 Å². The molecule has 1 aromatic heterocycles. The van der Waals surface area contributed by atoms with Gasteiger partial charge in [-0.05, 0) is 12.1 Å². The minimum absolute atomic E-state index is 0.359. The summed E-state index contributed by atoms with van der Waals surface area (Å²) in [5.41, 5.74) is 0.499. The summed E-state index contributed by atoms with van der Waals surface area (Å²) in [6.07, 6.45) is 3.25. The molecule has 0 N–H and O–H groups in total. The van der Waals surface area contributed by atoms with E-state index < -0.39 is 5.79 Å². The molecule has 6 heteroatoms. The molecule has 2 aliphatic rings. The van der Waals surface area contributed by atoms with E-state index in [2.05, 4.69) is 9.88 Å². The van der Waals surface area contributed by atoms with Crippen molar-refractivity contribution in [2.75, 3.05) is 38.3 Å². The Morgan fingerprint density at radius 2 is 2.05 bits per heavy atom. The first kappa shape index (κ1) is 13.3. The zero-order valence-electron chi connectivity index (χ0n) is 11.5. The van der Waals surface area contributed by atoms with Crippen molar-refractivity contribution in [3.63, 3.8) is 0 Å². The molecule has 0 atom stereocenters. The largest absolute Gasteiger partial charge is 0.465 e. The Labute approximate surface area is 117 Å². The maximum Gasteiger partial charge on any atom is 0.341 e. The SMILES string of the molecule is COC(=O)c1cccnc1N1CCC2(CC1)OCCO2. The molecular weight excluding hydrogens is 260 g/mol. The molecule has 2 fully saturated rings. The predicted molar refractivity (Wildman–Crippen MR) is 71.7 cm³/mol. The van der Waals surface area contributed by atoms with Crippen LogP contribution < -0.4 is 4.90 Å². The monoisotopic (exact) mass is 278 g/mol. The third-order valence-corrected chi connectivity index (χ3v) is 3.83. The number of anilines is 1. The van der Waals surface area contributed by atoms with E-state index >= 15 is 0 Å². The lowest BCUT2D eigenvalue weighted by Crippen LogP contribution is -2.45. The van der Waals surface area contributed by atoms with E-state index in [0.717, 1.165) is 25.9 Å². The third kappa shape index (κ3) is 2.36. The molecule has 0 aliphatic carbocycles. The number of piperidine rings is 1. The van der Waals surface area contributed by atoms with Crippen LogP contribution >= 0.6 is 0 Å². The first-order valence-corrected chi connectivity index (χ1v) is 6.80. The number of nitrogens with zero attached hydrogens (tertiary/aromatic N) is 2. The zero-order chi connectivity index (χ0) is 14.0. The molecule has 0 unspecified atom stereocenters. The maximum atomic E-state index is 11.8. The highest BCUT2D eigenvalue weighted by Crippen LogP contribution is 2.33. The number of rotatable bonds is 2. The summed E-state index contributed by atoms with van der Waals surface area (Å²) in [5, 5.41) is 0. The van der Waals surface area contributed by atoms with Gasteiger partial charge in [-0.2, -0.15) is 0 Å². The molecule has 6 nitrogen and oxygen atoms in total. The van der Waals surface area contributed by atoms with Crippen LogP contribution in [0.1, 0.15) is 23.2 Å². The summed E-state index contributed by atoms with van der Waals surface area (Å²) in [7, 11) is 1.38. The fourth-order valence-corrected chi connectivity index (χ4v) is 2.76. The van der Waals surface area contributed by atoms with Crippen molar-refractivity contribution >= 4 is 11.8 Å². The van der Waals surface area contributed by atoms with Crippen molar-refractivity contribution in [3.8, 4) is 0 Å². The Balaban J connectivity index is 1.76. The molecular formula is C14H18N2O4. The van der Waals surface area contributed by atoms with Gasteiger partial charge in [0.05, 0.1) is 20.3 Å². The van der Waals surface area contributed by atoms with Crippen LogP contribution in [0.5, 0.6) is 0 Å². The summed E-state index contributed by atoms with van der Waals surface area (Å²) in [6, 6.07) is 3.48. The minimum Gasteiger partial charge on any atom is -0.465 e. The number of hydrogen-bond donors (Lipinski definition) is 0. The molecule has 2 saturated heterocycles. The highest BCUT2D eigenvalue weighted by atomic mass is 16.7. The Bertz CT molecular complexity index is 490. The highest BCUT2D eigenvalue weighted by molar-refractivity contribution is 5.94. The van der Waals surface area contributed by atoms with E-state index in [1.54, 1.807) is 18.3 Å².